The van der Waals surface area contributed by atoms with Crippen molar-refractivity contribution in [3.63, 3.8) is 0 Å². The first-order chi connectivity index (χ1) is 16.9. The van der Waals surface area contributed by atoms with Gasteiger partial charge in [-0.3, -0.25) is 24.0 Å². The molecule has 0 aliphatic carbocycles. The number of carbonyl (C=O) groups is 6. The Morgan fingerprint density at radius 1 is 0.778 bits per heavy atom. The van der Waals surface area contributed by atoms with Gasteiger partial charge < -0.3 is 43.4 Å². The average molecular weight is 535 g/mol. The van der Waals surface area contributed by atoms with Crippen molar-refractivity contribution in [3.8, 4) is 0 Å². The van der Waals surface area contributed by atoms with Crippen LogP contribution in [0.2, 0.25) is 0 Å². The van der Waals surface area contributed by atoms with Crippen LogP contribution in [-0.4, -0.2) is 88.5 Å². The van der Waals surface area contributed by atoms with Crippen LogP contribution in [0.15, 0.2) is 0 Å². The Labute approximate surface area is 213 Å². The van der Waals surface area contributed by atoms with Crippen molar-refractivity contribution < 1.29 is 39.0 Å². The van der Waals surface area contributed by atoms with Crippen molar-refractivity contribution >= 4 is 47.3 Å². The summed E-state index contributed by atoms with van der Waals surface area (Å²) in [5.41, 5.74) is 16.2. The molecule has 0 aromatic rings. The van der Waals surface area contributed by atoms with Gasteiger partial charge in [0.2, 0.25) is 23.6 Å². The van der Waals surface area contributed by atoms with Crippen LogP contribution in [0.3, 0.4) is 0 Å². The largest absolute Gasteiger partial charge is 0.481 e. The zero-order valence-electron chi connectivity index (χ0n) is 20.4. The number of thioether (sulfide) groups is 1. The third-order valence-corrected chi connectivity index (χ3v) is 5.77. The molecule has 0 aromatic carbocycles. The van der Waals surface area contributed by atoms with Gasteiger partial charge in [-0.25, -0.2) is 4.79 Å². The van der Waals surface area contributed by atoms with Gasteiger partial charge in [-0.05, 0) is 57.1 Å². The van der Waals surface area contributed by atoms with Crippen LogP contribution >= 0.6 is 11.8 Å². The summed E-state index contributed by atoms with van der Waals surface area (Å²) >= 11 is 1.40. The first kappa shape index (κ1) is 33.1. The van der Waals surface area contributed by atoms with Crippen LogP contribution in [0.25, 0.3) is 0 Å². The fourth-order valence-corrected chi connectivity index (χ4v) is 3.51. The minimum absolute atomic E-state index is 0.0254. The summed E-state index contributed by atoms with van der Waals surface area (Å²) in [6, 6.07) is -4.81. The average Bonchev–Trinajstić information content (AvgIpc) is 2.81. The zero-order chi connectivity index (χ0) is 27.7. The van der Waals surface area contributed by atoms with Gasteiger partial charge in [0.1, 0.15) is 18.1 Å². The summed E-state index contributed by atoms with van der Waals surface area (Å²) < 4.78 is 0. The number of hydrogen-bond donors (Lipinski definition) is 8. The van der Waals surface area contributed by atoms with Gasteiger partial charge in [-0.2, -0.15) is 11.8 Å². The molecule has 0 heterocycles. The van der Waals surface area contributed by atoms with Crippen molar-refractivity contribution in [1.82, 2.24) is 16.0 Å². The highest BCUT2D eigenvalue weighted by atomic mass is 32.2. The lowest BCUT2D eigenvalue weighted by Crippen LogP contribution is -2.57. The van der Waals surface area contributed by atoms with E-state index in [0.717, 1.165) is 0 Å². The molecule has 0 radical (unpaired) electrons. The van der Waals surface area contributed by atoms with Gasteiger partial charge >= 0.3 is 11.9 Å². The first-order valence-corrected chi connectivity index (χ1v) is 12.9. The molecule has 4 atom stereocenters. The third-order valence-electron chi connectivity index (χ3n) is 5.12. The number of aliphatic carboxylic acids is 2. The minimum atomic E-state index is -1.36. The lowest BCUT2D eigenvalue weighted by Gasteiger charge is -2.25. The van der Waals surface area contributed by atoms with E-state index in [2.05, 4.69) is 16.0 Å². The molecular weight excluding hydrogens is 496 g/mol. The summed E-state index contributed by atoms with van der Waals surface area (Å²) in [6.07, 6.45) is 2.14. The number of nitrogens with one attached hydrogen (secondary N) is 3. The highest BCUT2D eigenvalue weighted by Gasteiger charge is 2.30. The van der Waals surface area contributed by atoms with E-state index in [1.54, 1.807) is 6.26 Å². The van der Waals surface area contributed by atoms with E-state index >= 15 is 0 Å². The fourth-order valence-electron chi connectivity index (χ4n) is 3.04. The molecule has 0 aromatic heterocycles. The van der Waals surface area contributed by atoms with E-state index in [9.17, 15) is 33.9 Å². The zero-order valence-corrected chi connectivity index (χ0v) is 21.2. The Balaban J connectivity index is 5.47. The maximum Gasteiger partial charge on any atom is 0.326 e. The van der Waals surface area contributed by atoms with E-state index in [1.807, 2.05) is 0 Å². The van der Waals surface area contributed by atoms with Crippen molar-refractivity contribution in [3.05, 3.63) is 0 Å². The third kappa shape index (κ3) is 14.5. The van der Waals surface area contributed by atoms with E-state index < -0.39 is 66.2 Å². The van der Waals surface area contributed by atoms with E-state index in [0.29, 0.717) is 25.1 Å². The second-order valence-electron chi connectivity index (χ2n) is 8.13. The molecule has 0 saturated carbocycles. The summed E-state index contributed by atoms with van der Waals surface area (Å²) in [4.78, 5) is 71.7. The Morgan fingerprint density at radius 3 is 1.83 bits per heavy atom. The summed E-state index contributed by atoms with van der Waals surface area (Å²) in [7, 11) is 0. The lowest BCUT2D eigenvalue weighted by atomic mass is 10.1. The van der Waals surface area contributed by atoms with Crippen LogP contribution in [0.1, 0.15) is 51.4 Å². The number of carboxylic acid groups (broad SMARTS) is 2. The second kappa shape index (κ2) is 18.4. The number of rotatable bonds is 20. The molecule has 36 heavy (non-hydrogen) atoms. The maximum atomic E-state index is 13.0. The number of amides is 4. The molecule has 14 nitrogen and oxygen atoms in total. The Hall–Kier alpha value is -2.91. The standard InChI is InChI=1S/C21H38N6O8S/c1-36-11-9-14(25-18(31)12(23)5-7-16(24)28)20(33)26-13(6-8-17(29)30)19(32)27-15(21(34)35)4-2-3-10-22/h12-15H,2-11,22-23H2,1H3,(H2,24,28)(H,25,31)(H,26,33)(H,27,32)(H,29,30)(H,34,35). The highest BCUT2D eigenvalue weighted by molar-refractivity contribution is 7.98. The van der Waals surface area contributed by atoms with Gasteiger partial charge in [0.05, 0.1) is 6.04 Å². The molecule has 11 N–H and O–H groups in total. The number of carbonyl (C=O) groups excluding carboxylic acids is 4. The Morgan fingerprint density at radius 2 is 1.33 bits per heavy atom. The number of unbranched alkanes of at least 4 members (excludes halogenated alkanes) is 1. The van der Waals surface area contributed by atoms with E-state index in [-0.39, 0.29) is 32.1 Å². The quantitative estimate of drug-likeness (QED) is 0.0782. The molecule has 0 rings (SSSR count). The number of hydrogen-bond acceptors (Lipinski definition) is 9. The van der Waals surface area contributed by atoms with Gasteiger partial charge in [0.25, 0.3) is 0 Å². The van der Waals surface area contributed by atoms with Gasteiger partial charge in [-0.1, -0.05) is 0 Å². The molecule has 0 bridgehead atoms. The summed E-state index contributed by atoms with van der Waals surface area (Å²) in [6.45, 7) is 0.354. The molecule has 4 amide bonds. The van der Waals surface area contributed by atoms with Crippen LogP contribution in [0, 0.1) is 0 Å². The van der Waals surface area contributed by atoms with Gasteiger partial charge in [0.15, 0.2) is 0 Å². The van der Waals surface area contributed by atoms with Gasteiger partial charge in [-0.15, -0.1) is 0 Å². The predicted molar refractivity (Wildman–Crippen MR) is 133 cm³/mol. The number of carboxylic acids is 2. The normalized spacial score (nSPS) is 14.1. The van der Waals surface area contributed by atoms with E-state index in [1.165, 1.54) is 11.8 Å². The van der Waals surface area contributed by atoms with Crippen LogP contribution < -0.4 is 33.2 Å². The smallest absolute Gasteiger partial charge is 0.326 e. The Bertz CT molecular complexity index is 769. The molecule has 0 aliphatic heterocycles. The first-order valence-electron chi connectivity index (χ1n) is 11.5. The molecule has 0 saturated heterocycles. The summed E-state index contributed by atoms with van der Waals surface area (Å²) in [5.74, 6) is -4.99. The second-order valence-corrected chi connectivity index (χ2v) is 9.12. The molecule has 0 fully saturated rings. The summed E-state index contributed by atoms with van der Waals surface area (Å²) in [5, 5.41) is 25.7. The van der Waals surface area contributed by atoms with Crippen molar-refractivity contribution in [2.45, 2.75) is 75.5 Å². The Kier molecular flexibility index (Phi) is 16.9. The molecule has 15 heteroatoms. The monoisotopic (exact) mass is 534 g/mol. The minimum Gasteiger partial charge on any atom is -0.481 e. The van der Waals surface area contributed by atoms with Crippen molar-refractivity contribution in [2.24, 2.45) is 17.2 Å². The molecule has 206 valence electrons. The van der Waals surface area contributed by atoms with Crippen LogP contribution in [-0.2, 0) is 28.8 Å². The van der Waals surface area contributed by atoms with Crippen LogP contribution in [0.5, 0.6) is 0 Å². The lowest BCUT2D eigenvalue weighted by molar-refractivity contribution is -0.143. The predicted octanol–water partition coefficient (Wildman–Crippen LogP) is -2.13. The molecule has 0 spiro atoms. The molecule has 4 unspecified atom stereocenters. The van der Waals surface area contributed by atoms with Crippen LogP contribution in [0.4, 0.5) is 0 Å². The SMILES string of the molecule is CSCCC(NC(=O)C(N)CCC(N)=O)C(=O)NC(CCC(=O)O)C(=O)NC(CCCCN)C(=O)O. The molecular formula is C21H38N6O8S. The van der Waals surface area contributed by atoms with E-state index in [4.69, 9.17) is 22.3 Å². The van der Waals surface area contributed by atoms with Gasteiger partial charge in [0, 0.05) is 12.8 Å². The highest BCUT2D eigenvalue weighted by Crippen LogP contribution is 2.07. The fraction of sp³-hybridized carbons (Fsp3) is 0.714. The maximum absolute atomic E-state index is 13.0. The van der Waals surface area contributed by atoms with Crippen molar-refractivity contribution in [1.29, 1.82) is 0 Å². The molecule has 0 aliphatic rings. The van der Waals surface area contributed by atoms with Crippen molar-refractivity contribution in [2.75, 3.05) is 18.6 Å². The topological polar surface area (TPSA) is 257 Å². The number of primary amides is 1. The number of nitrogens with two attached hydrogens (primary N) is 3.